The van der Waals surface area contributed by atoms with Gasteiger partial charge in [-0.1, -0.05) is 30.3 Å². The predicted molar refractivity (Wildman–Crippen MR) is 113 cm³/mol. The summed E-state index contributed by atoms with van der Waals surface area (Å²) in [6.45, 7) is 0.453. The second-order valence-electron chi connectivity index (χ2n) is 6.90. The van der Waals surface area contributed by atoms with Gasteiger partial charge in [-0.05, 0) is 42.8 Å². The predicted octanol–water partition coefficient (Wildman–Crippen LogP) is 3.49. The molecule has 154 valence electrons. The number of carbonyl (C=O) groups excluding carboxylic acids is 1. The number of furan rings is 1. The van der Waals surface area contributed by atoms with Gasteiger partial charge in [0.1, 0.15) is 17.3 Å². The summed E-state index contributed by atoms with van der Waals surface area (Å²) in [6, 6.07) is 19.0. The lowest BCUT2D eigenvalue weighted by Crippen LogP contribution is -2.24. The van der Waals surface area contributed by atoms with E-state index in [1.807, 2.05) is 24.3 Å². The fourth-order valence-electron chi connectivity index (χ4n) is 3.14. The molecule has 2 N–H and O–H groups in total. The van der Waals surface area contributed by atoms with E-state index < -0.39 is 9.84 Å². The molecule has 0 radical (unpaired) electrons. The van der Waals surface area contributed by atoms with Crippen LogP contribution in [0.15, 0.2) is 76.0 Å². The minimum absolute atomic E-state index is 0.0944. The molecule has 4 rings (SSSR count). The molecule has 2 aromatic heterocycles. The Morgan fingerprint density at radius 2 is 1.77 bits per heavy atom. The first kappa shape index (κ1) is 19.9. The molecule has 0 unspecified atom stereocenters. The Balaban J connectivity index is 1.28. The number of H-pyrrole nitrogens is 1. The molecule has 0 aliphatic carbocycles. The number of imidazole rings is 1. The first-order chi connectivity index (χ1) is 14.5. The van der Waals surface area contributed by atoms with Gasteiger partial charge in [-0.15, -0.1) is 0 Å². The van der Waals surface area contributed by atoms with Gasteiger partial charge < -0.3 is 14.7 Å². The van der Waals surface area contributed by atoms with Crippen LogP contribution in [0.3, 0.4) is 0 Å². The van der Waals surface area contributed by atoms with E-state index in [1.54, 1.807) is 18.2 Å². The fourth-order valence-corrected chi connectivity index (χ4v) is 4.41. The number of rotatable bonds is 8. The highest BCUT2D eigenvalue weighted by Gasteiger charge is 2.19. The average Bonchev–Trinajstić information content (AvgIpc) is 3.38. The summed E-state index contributed by atoms with van der Waals surface area (Å²) in [7, 11) is -3.52. The molecule has 0 aliphatic rings. The van der Waals surface area contributed by atoms with Crippen LogP contribution in [0, 0.1) is 0 Å². The maximum absolute atomic E-state index is 12.4. The number of nitrogens with one attached hydrogen (secondary N) is 2. The van der Waals surface area contributed by atoms with Crippen molar-refractivity contribution >= 4 is 26.8 Å². The van der Waals surface area contributed by atoms with Crippen molar-refractivity contribution < 1.29 is 17.6 Å². The van der Waals surface area contributed by atoms with Crippen LogP contribution in [-0.4, -0.2) is 30.8 Å². The lowest BCUT2D eigenvalue weighted by molar-refractivity contribution is 0.0924. The van der Waals surface area contributed by atoms with Crippen LogP contribution in [0.2, 0.25) is 0 Å². The van der Waals surface area contributed by atoms with E-state index in [0.717, 1.165) is 16.9 Å². The SMILES string of the molecule is O=C(NCCCc1nc2ccccc2[nH]1)c1ccc(CS(=O)(=O)c2ccccc2)o1. The molecule has 8 heteroatoms. The maximum atomic E-state index is 12.4. The second-order valence-corrected chi connectivity index (χ2v) is 8.89. The van der Waals surface area contributed by atoms with Crippen LogP contribution in [0.4, 0.5) is 0 Å². The molecule has 4 aromatic rings. The third-order valence-corrected chi connectivity index (χ3v) is 6.29. The number of aromatic nitrogens is 2. The van der Waals surface area contributed by atoms with Crippen molar-refractivity contribution in [3.63, 3.8) is 0 Å². The Morgan fingerprint density at radius 3 is 2.57 bits per heavy atom. The molecular weight excluding hydrogens is 402 g/mol. The van der Waals surface area contributed by atoms with Crippen LogP contribution < -0.4 is 5.32 Å². The Hall–Kier alpha value is -3.39. The van der Waals surface area contributed by atoms with Crippen molar-refractivity contribution in [1.29, 1.82) is 0 Å². The topological polar surface area (TPSA) is 105 Å². The number of carbonyl (C=O) groups is 1. The number of nitrogens with zero attached hydrogens (tertiary/aromatic N) is 1. The number of benzene rings is 2. The quantitative estimate of drug-likeness (QED) is 0.422. The lowest BCUT2D eigenvalue weighted by Gasteiger charge is -2.03. The molecule has 7 nitrogen and oxygen atoms in total. The van der Waals surface area contributed by atoms with Gasteiger partial charge in [-0.2, -0.15) is 0 Å². The van der Waals surface area contributed by atoms with Crippen molar-refractivity contribution in [2.45, 2.75) is 23.5 Å². The maximum Gasteiger partial charge on any atom is 0.286 e. The molecule has 0 bridgehead atoms. The molecule has 0 spiro atoms. The zero-order valence-electron chi connectivity index (χ0n) is 16.2. The summed E-state index contributed by atoms with van der Waals surface area (Å²) in [6.07, 6.45) is 1.41. The number of amides is 1. The highest BCUT2D eigenvalue weighted by Crippen LogP contribution is 2.18. The van der Waals surface area contributed by atoms with Gasteiger partial charge in [0.25, 0.3) is 5.91 Å². The van der Waals surface area contributed by atoms with Crippen LogP contribution in [0.1, 0.15) is 28.6 Å². The summed E-state index contributed by atoms with van der Waals surface area (Å²) < 4.78 is 30.3. The van der Waals surface area contributed by atoms with Crippen LogP contribution in [-0.2, 0) is 22.0 Å². The minimum Gasteiger partial charge on any atom is -0.455 e. The molecule has 0 atom stereocenters. The smallest absolute Gasteiger partial charge is 0.286 e. The van der Waals surface area contributed by atoms with Gasteiger partial charge >= 0.3 is 0 Å². The van der Waals surface area contributed by atoms with E-state index in [2.05, 4.69) is 15.3 Å². The number of aromatic amines is 1. The molecule has 30 heavy (non-hydrogen) atoms. The van der Waals surface area contributed by atoms with E-state index in [9.17, 15) is 13.2 Å². The molecule has 0 saturated heterocycles. The summed E-state index contributed by atoms with van der Waals surface area (Å²) in [5, 5.41) is 2.79. The van der Waals surface area contributed by atoms with Gasteiger partial charge in [-0.25, -0.2) is 13.4 Å². The van der Waals surface area contributed by atoms with E-state index in [4.69, 9.17) is 4.42 Å². The van der Waals surface area contributed by atoms with E-state index >= 15 is 0 Å². The van der Waals surface area contributed by atoms with Gasteiger partial charge in [0, 0.05) is 13.0 Å². The molecule has 0 saturated carbocycles. The van der Waals surface area contributed by atoms with Gasteiger partial charge in [-0.3, -0.25) is 4.79 Å². The Morgan fingerprint density at radius 1 is 1.00 bits per heavy atom. The normalized spacial score (nSPS) is 11.6. The summed E-state index contributed by atoms with van der Waals surface area (Å²) in [4.78, 5) is 20.2. The number of para-hydroxylation sites is 2. The van der Waals surface area contributed by atoms with Crippen molar-refractivity contribution in [2.24, 2.45) is 0 Å². The number of fused-ring (bicyclic) bond motifs is 1. The third-order valence-electron chi connectivity index (χ3n) is 4.63. The average molecular weight is 423 g/mol. The number of aryl methyl sites for hydroxylation is 1. The molecule has 1 amide bonds. The zero-order valence-corrected chi connectivity index (χ0v) is 17.0. The summed E-state index contributed by atoms with van der Waals surface area (Å²) in [5.74, 6) is 0.527. The highest BCUT2D eigenvalue weighted by atomic mass is 32.2. The monoisotopic (exact) mass is 423 g/mol. The molecule has 0 aliphatic heterocycles. The second kappa shape index (κ2) is 8.54. The van der Waals surface area contributed by atoms with Crippen LogP contribution in [0.25, 0.3) is 11.0 Å². The Kier molecular flexibility index (Phi) is 5.67. The van der Waals surface area contributed by atoms with Crippen molar-refractivity contribution in [3.8, 4) is 0 Å². The molecular formula is C22H21N3O4S. The van der Waals surface area contributed by atoms with Gasteiger partial charge in [0.2, 0.25) is 0 Å². The molecule has 2 heterocycles. The van der Waals surface area contributed by atoms with Gasteiger partial charge in [0.05, 0.1) is 15.9 Å². The van der Waals surface area contributed by atoms with Crippen molar-refractivity contribution in [2.75, 3.05) is 6.54 Å². The minimum atomic E-state index is -3.52. The molecule has 2 aromatic carbocycles. The Labute approximate surface area is 174 Å². The summed E-state index contributed by atoms with van der Waals surface area (Å²) >= 11 is 0. The number of sulfone groups is 1. The number of hydrogen-bond donors (Lipinski definition) is 2. The van der Waals surface area contributed by atoms with Crippen LogP contribution >= 0.6 is 0 Å². The first-order valence-corrected chi connectivity index (χ1v) is 11.2. The highest BCUT2D eigenvalue weighted by molar-refractivity contribution is 7.90. The third kappa shape index (κ3) is 4.60. The van der Waals surface area contributed by atoms with Crippen molar-refractivity contribution in [3.05, 3.63) is 84.1 Å². The zero-order chi connectivity index (χ0) is 21.0. The first-order valence-electron chi connectivity index (χ1n) is 9.60. The number of hydrogen-bond acceptors (Lipinski definition) is 5. The fraction of sp³-hybridized carbons (Fsp3) is 0.182. The molecule has 0 fully saturated rings. The van der Waals surface area contributed by atoms with Crippen LogP contribution in [0.5, 0.6) is 0 Å². The Bertz CT molecular complexity index is 1230. The van der Waals surface area contributed by atoms with E-state index in [1.165, 1.54) is 24.3 Å². The van der Waals surface area contributed by atoms with Crippen molar-refractivity contribution in [1.82, 2.24) is 15.3 Å². The largest absolute Gasteiger partial charge is 0.455 e. The summed E-state index contributed by atoms with van der Waals surface area (Å²) in [5.41, 5.74) is 1.91. The van der Waals surface area contributed by atoms with E-state index in [0.29, 0.717) is 19.4 Å². The standard InChI is InChI=1S/C22H21N3O4S/c26-22(23-14-6-11-21-24-18-9-4-5-10-19(18)25-21)20-13-12-16(29-20)15-30(27,28)17-7-2-1-3-8-17/h1-5,7-10,12-13H,6,11,14-15H2,(H,23,26)(H,24,25). The lowest BCUT2D eigenvalue weighted by atomic mass is 10.3. The van der Waals surface area contributed by atoms with E-state index in [-0.39, 0.29) is 28.1 Å². The van der Waals surface area contributed by atoms with Gasteiger partial charge in [0.15, 0.2) is 15.6 Å².